The molecule has 0 aliphatic rings. The van der Waals surface area contributed by atoms with Crippen molar-refractivity contribution in [1.82, 2.24) is 9.78 Å². The zero-order chi connectivity index (χ0) is 14.5. The minimum atomic E-state index is -0.492. The minimum absolute atomic E-state index is 0.374. The standard InChI is InChI=1S/C14H18N4O2/c1-3-20-11-6-4-10(5-7-11)9-16-13-8-12(14(15)19)18(2)17-13/h4-8H,3,9H2,1-2H3,(H2,15,19)(H,16,17). The fourth-order valence-corrected chi connectivity index (χ4v) is 1.85. The van der Waals surface area contributed by atoms with Crippen molar-refractivity contribution in [2.24, 2.45) is 12.8 Å². The van der Waals surface area contributed by atoms with Crippen molar-refractivity contribution in [2.45, 2.75) is 13.5 Å². The van der Waals surface area contributed by atoms with Crippen LogP contribution >= 0.6 is 0 Å². The van der Waals surface area contributed by atoms with E-state index in [9.17, 15) is 4.79 Å². The molecule has 6 heteroatoms. The number of carbonyl (C=O) groups excluding carboxylic acids is 1. The summed E-state index contributed by atoms with van der Waals surface area (Å²) in [6.45, 7) is 3.22. The Hall–Kier alpha value is -2.50. The van der Waals surface area contributed by atoms with Crippen molar-refractivity contribution in [2.75, 3.05) is 11.9 Å². The number of hydrogen-bond donors (Lipinski definition) is 2. The van der Waals surface area contributed by atoms with Crippen molar-refractivity contribution in [3.05, 3.63) is 41.6 Å². The molecular weight excluding hydrogens is 256 g/mol. The minimum Gasteiger partial charge on any atom is -0.494 e. The summed E-state index contributed by atoms with van der Waals surface area (Å²) in [5.41, 5.74) is 6.71. The predicted molar refractivity (Wildman–Crippen MR) is 76.7 cm³/mol. The van der Waals surface area contributed by atoms with Crippen molar-refractivity contribution < 1.29 is 9.53 Å². The molecule has 0 unspecified atom stereocenters. The van der Waals surface area contributed by atoms with Crippen LogP contribution in [-0.4, -0.2) is 22.3 Å². The zero-order valence-corrected chi connectivity index (χ0v) is 11.6. The van der Waals surface area contributed by atoms with Gasteiger partial charge in [-0.2, -0.15) is 5.10 Å². The molecule has 3 N–H and O–H groups in total. The molecule has 0 aliphatic heterocycles. The summed E-state index contributed by atoms with van der Waals surface area (Å²) in [6.07, 6.45) is 0. The summed E-state index contributed by atoms with van der Waals surface area (Å²) < 4.78 is 6.84. The zero-order valence-electron chi connectivity index (χ0n) is 11.6. The van der Waals surface area contributed by atoms with E-state index in [0.29, 0.717) is 24.7 Å². The number of aromatic nitrogens is 2. The van der Waals surface area contributed by atoms with Gasteiger partial charge in [0, 0.05) is 19.7 Å². The molecule has 2 rings (SSSR count). The average molecular weight is 274 g/mol. The van der Waals surface area contributed by atoms with Crippen LogP contribution in [0.3, 0.4) is 0 Å². The van der Waals surface area contributed by atoms with E-state index in [1.165, 1.54) is 4.68 Å². The topological polar surface area (TPSA) is 82.2 Å². The highest BCUT2D eigenvalue weighted by Gasteiger charge is 2.09. The SMILES string of the molecule is CCOc1ccc(CNc2cc(C(N)=O)n(C)n2)cc1. The molecule has 1 amide bonds. The molecule has 0 fully saturated rings. The van der Waals surface area contributed by atoms with Gasteiger partial charge < -0.3 is 15.8 Å². The molecule has 106 valence electrons. The third-order valence-electron chi connectivity index (χ3n) is 2.84. The van der Waals surface area contributed by atoms with Crippen LogP contribution in [0, 0.1) is 0 Å². The average Bonchev–Trinajstić information content (AvgIpc) is 2.80. The van der Waals surface area contributed by atoms with Crippen LogP contribution in [0.25, 0.3) is 0 Å². The second kappa shape index (κ2) is 6.10. The van der Waals surface area contributed by atoms with Crippen molar-refractivity contribution >= 4 is 11.7 Å². The summed E-state index contributed by atoms with van der Waals surface area (Å²) in [4.78, 5) is 11.1. The molecule has 0 saturated heterocycles. The van der Waals surface area contributed by atoms with E-state index < -0.39 is 5.91 Å². The van der Waals surface area contributed by atoms with E-state index >= 15 is 0 Å². The van der Waals surface area contributed by atoms with E-state index in [0.717, 1.165) is 11.3 Å². The number of rotatable bonds is 6. The number of primary amides is 1. The monoisotopic (exact) mass is 274 g/mol. The number of anilines is 1. The van der Waals surface area contributed by atoms with Crippen molar-refractivity contribution in [1.29, 1.82) is 0 Å². The summed E-state index contributed by atoms with van der Waals surface area (Å²) in [7, 11) is 1.68. The predicted octanol–water partition coefficient (Wildman–Crippen LogP) is 1.53. The number of nitrogens with two attached hydrogens (primary N) is 1. The van der Waals surface area contributed by atoms with Gasteiger partial charge in [-0.05, 0) is 24.6 Å². The van der Waals surface area contributed by atoms with Gasteiger partial charge in [0.25, 0.3) is 5.91 Å². The number of nitrogens with zero attached hydrogens (tertiary/aromatic N) is 2. The molecule has 0 radical (unpaired) electrons. The number of amides is 1. The Labute approximate surface area is 117 Å². The van der Waals surface area contributed by atoms with Gasteiger partial charge >= 0.3 is 0 Å². The normalized spacial score (nSPS) is 10.3. The summed E-state index contributed by atoms with van der Waals surface area (Å²) in [5.74, 6) is 0.981. The third-order valence-corrected chi connectivity index (χ3v) is 2.84. The van der Waals surface area contributed by atoms with Crippen LogP contribution in [-0.2, 0) is 13.6 Å². The fraction of sp³-hybridized carbons (Fsp3) is 0.286. The van der Waals surface area contributed by atoms with Gasteiger partial charge in [-0.15, -0.1) is 0 Å². The first-order valence-electron chi connectivity index (χ1n) is 6.39. The van der Waals surface area contributed by atoms with Crippen molar-refractivity contribution in [3.8, 4) is 5.75 Å². The highest BCUT2D eigenvalue weighted by Crippen LogP contribution is 2.14. The highest BCUT2D eigenvalue weighted by atomic mass is 16.5. The van der Waals surface area contributed by atoms with E-state index in [1.807, 2.05) is 31.2 Å². The van der Waals surface area contributed by atoms with E-state index in [-0.39, 0.29) is 0 Å². The van der Waals surface area contributed by atoms with Gasteiger partial charge in [-0.3, -0.25) is 9.48 Å². The molecule has 0 bridgehead atoms. The maximum atomic E-state index is 11.1. The first kappa shape index (κ1) is 13.9. The van der Waals surface area contributed by atoms with Gasteiger partial charge in [0.15, 0.2) is 0 Å². The van der Waals surface area contributed by atoms with Gasteiger partial charge in [0.1, 0.15) is 17.3 Å². The molecule has 1 heterocycles. The largest absolute Gasteiger partial charge is 0.494 e. The molecule has 1 aromatic heterocycles. The maximum absolute atomic E-state index is 11.1. The molecule has 1 aromatic carbocycles. The number of ether oxygens (including phenoxy) is 1. The van der Waals surface area contributed by atoms with Crippen LogP contribution in [0.1, 0.15) is 23.0 Å². The molecule has 2 aromatic rings. The lowest BCUT2D eigenvalue weighted by atomic mass is 10.2. The molecule has 0 aliphatic carbocycles. The second-order valence-electron chi connectivity index (χ2n) is 4.33. The summed E-state index contributed by atoms with van der Waals surface area (Å²) in [6, 6.07) is 9.45. The number of nitrogens with one attached hydrogen (secondary N) is 1. The highest BCUT2D eigenvalue weighted by molar-refractivity contribution is 5.91. The Morgan fingerprint density at radius 1 is 1.40 bits per heavy atom. The molecule has 6 nitrogen and oxygen atoms in total. The first-order chi connectivity index (χ1) is 9.60. The molecule has 20 heavy (non-hydrogen) atoms. The fourth-order valence-electron chi connectivity index (χ4n) is 1.85. The molecule has 0 atom stereocenters. The second-order valence-corrected chi connectivity index (χ2v) is 4.33. The van der Waals surface area contributed by atoms with E-state index in [1.54, 1.807) is 13.1 Å². The molecule has 0 saturated carbocycles. The Bertz CT molecular complexity index is 590. The third kappa shape index (κ3) is 3.28. The van der Waals surface area contributed by atoms with Gasteiger partial charge in [-0.25, -0.2) is 0 Å². The summed E-state index contributed by atoms with van der Waals surface area (Å²) >= 11 is 0. The molecule has 0 spiro atoms. The van der Waals surface area contributed by atoms with Gasteiger partial charge in [0.2, 0.25) is 0 Å². The maximum Gasteiger partial charge on any atom is 0.267 e. The number of carbonyl (C=O) groups is 1. The van der Waals surface area contributed by atoms with Crippen molar-refractivity contribution in [3.63, 3.8) is 0 Å². The van der Waals surface area contributed by atoms with E-state index in [4.69, 9.17) is 10.5 Å². The Kier molecular flexibility index (Phi) is 4.24. The Balaban J connectivity index is 1.98. The lowest BCUT2D eigenvalue weighted by Gasteiger charge is -2.05. The quantitative estimate of drug-likeness (QED) is 0.837. The van der Waals surface area contributed by atoms with Crippen LogP contribution in [0.5, 0.6) is 5.75 Å². The lowest BCUT2D eigenvalue weighted by molar-refractivity contribution is 0.0991. The lowest BCUT2D eigenvalue weighted by Crippen LogP contribution is -2.15. The van der Waals surface area contributed by atoms with E-state index in [2.05, 4.69) is 10.4 Å². The van der Waals surface area contributed by atoms with Gasteiger partial charge in [-0.1, -0.05) is 12.1 Å². The smallest absolute Gasteiger partial charge is 0.267 e. The number of aryl methyl sites for hydroxylation is 1. The molecular formula is C14H18N4O2. The number of hydrogen-bond acceptors (Lipinski definition) is 4. The summed E-state index contributed by atoms with van der Waals surface area (Å²) in [5, 5.41) is 7.32. The number of benzene rings is 1. The Morgan fingerprint density at radius 3 is 2.65 bits per heavy atom. The first-order valence-corrected chi connectivity index (χ1v) is 6.39. The Morgan fingerprint density at radius 2 is 2.10 bits per heavy atom. The van der Waals surface area contributed by atoms with Crippen LogP contribution in [0.4, 0.5) is 5.82 Å². The van der Waals surface area contributed by atoms with Crippen LogP contribution in [0.2, 0.25) is 0 Å². The van der Waals surface area contributed by atoms with Crippen LogP contribution in [0.15, 0.2) is 30.3 Å². The van der Waals surface area contributed by atoms with Gasteiger partial charge in [0.05, 0.1) is 6.61 Å². The van der Waals surface area contributed by atoms with Crippen LogP contribution < -0.4 is 15.8 Å².